The maximum atomic E-state index is 12.1. The molecule has 21 heavy (non-hydrogen) atoms. The fraction of sp³-hybridized carbons (Fsp3) is 0.562. The molecule has 2 rings (SSSR count). The number of benzene rings is 1. The maximum absolute atomic E-state index is 12.1. The van der Waals surface area contributed by atoms with Gasteiger partial charge >= 0.3 is 6.61 Å². The molecule has 5 heteroatoms. The van der Waals surface area contributed by atoms with Gasteiger partial charge in [0.15, 0.2) is 0 Å². The SMILES string of the molecule is O=C(CCc1ccc(OC(F)F)cc1)N1CCCCCC1. The van der Waals surface area contributed by atoms with E-state index in [9.17, 15) is 13.6 Å². The van der Waals surface area contributed by atoms with Crippen molar-refractivity contribution in [3.63, 3.8) is 0 Å². The van der Waals surface area contributed by atoms with Crippen LogP contribution in [0.5, 0.6) is 5.75 Å². The van der Waals surface area contributed by atoms with E-state index in [0.717, 1.165) is 31.5 Å². The molecule has 1 aromatic rings. The number of carbonyl (C=O) groups excluding carboxylic acids is 1. The number of rotatable bonds is 5. The summed E-state index contributed by atoms with van der Waals surface area (Å²) < 4.78 is 28.4. The Labute approximate surface area is 123 Å². The molecule has 0 atom stereocenters. The van der Waals surface area contributed by atoms with Crippen LogP contribution in [-0.2, 0) is 11.2 Å². The molecule has 1 saturated heterocycles. The Bertz CT molecular complexity index is 440. The third-order valence-corrected chi connectivity index (χ3v) is 3.73. The van der Waals surface area contributed by atoms with Gasteiger partial charge in [0.05, 0.1) is 0 Å². The summed E-state index contributed by atoms with van der Waals surface area (Å²) in [5, 5.41) is 0. The maximum Gasteiger partial charge on any atom is 0.387 e. The third kappa shape index (κ3) is 5.33. The first kappa shape index (κ1) is 15.7. The Balaban J connectivity index is 1.80. The topological polar surface area (TPSA) is 29.5 Å². The van der Waals surface area contributed by atoms with E-state index in [1.165, 1.54) is 25.0 Å². The van der Waals surface area contributed by atoms with Gasteiger partial charge in [-0.15, -0.1) is 0 Å². The molecule has 0 unspecified atom stereocenters. The van der Waals surface area contributed by atoms with Gasteiger partial charge in [0.25, 0.3) is 0 Å². The number of amides is 1. The molecule has 1 heterocycles. The lowest BCUT2D eigenvalue weighted by molar-refractivity contribution is -0.131. The minimum absolute atomic E-state index is 0.146. The molecule has 1 aromatic carbocycles. The number of halogens is 2. The zero-order valence-electron chi connectivity index (χ0n) is 12.1. The average molecular weight is 297 g/mol. The van der Waals surface area contributed by atoms with Gasteiger partial charge in [0.1, 0.15) is 5.75 Å². The van der Waals surface area contributed by atoms with Crippen LogP contribution in [0.15, 0.2) is 24.3 Å². The Morgan fingerprint density at radius 1 is 1.10 bits per heavy atom. The molecular formula is C16H21F2NO2. The van der Waals surface area contributed by atoms with Crippen molar-refractivity contribution in [1.82, 2.24) is 4.90 Å². The van der Waals surface area contributed by atoms with Crippen LogP contribution in [0.25, 0.3) is 0 Å². The van der Waals surface area contributed by atoms with Crippen LogP contribution in [0.4, 0.5) is 8.78 Å². The van der Waals surface area contributed by atoms with Gasteiger partial charge in [0.2, 0.25) is 5.91 Å². The monoisotopic (exact) mass is 297 g/mol. The zero-order valence-corrected chi connectivity index (χ0v) is 12.1. The van der Waals surface area contributed by atoms with Crippen LogP contribution < -0.4 is 4.74 Å². The number of likely N-dealkylation sites (tertiary alicyclic amines) is 1. The molecule has 0 radical (unpaired) electrons. The van der Waals surface area contributed by atoms with Crippen molar-refractivity contribution < 1.29 is 18.3 Å². The van der Waals surface area contributed by atoms with Crippen LogP contribution >= 0.6 is 0 Å². The van der Waals surface area contributed by atoms with Crippen LogP contribution in [0.3, 0.4) is 0 Å². The number of hydrogen-bond donors (Lipinski definition) is 0. The van der Waals surface area contributed by atoms with Crippen LogP contribution in [-0.4, -0.2) is 30.5 Å². The van der Waals surface area contributed by atoms with E-state index in [4.69, 9.17) is 0 Å². The molecule has 0 saturated carbocycles. The van der Waals surface area contributed by atoms with Crippen molar-refractivity contribution in [2.45, 2.75) is 45.1 Å². The number of hydrogen-bond acceptors (Lipinski definition) is 2. The van der Waals surface area contributed by atoms with Gasteiger partial charge in [-0.2, -0.15) is 8.78 Å². The first-order chi connectivity index (χ1) is 10.1. The summed E-state index contributed by atoms with van der Waals surface area (Å²) in [7, 11) is 0. The van der Waals surface area contributed by atoms with E-state index in [0.29, 0.717) is 12.8 Å². The van der Waals surface area contributed by atoms with Crippen LogP contribution in [0, 0.1) is 0 Å². The first-order valence-electron chi connectivity index (χ1n) is 7.46. The first-order valence-corrected chi connectivity index (χ1v) is 7.46. The minimum Gasteiger partial charge on any atom is -0.435 e. The van der Waals surface area contributed by atoms with Gasteiger partial charge in [0, 0.05) is 19.5 Å². The van der Waals surface area contributed by atoms with Gasteiger partial charge in [-0.3, -0.25) is 4.79 Å². The lowest BCUT2D eigenvalue weighted by atomic mass is 10.1. The number of carbonyl (C=O) groups is 1. The molecular weight excluding hydrogens is 276 g/mol. The second-order valence-electron chi connectivity index (χ2n) is 5.32. The minimum atomic E-state index is -2.81. The number of nitrogens with zero attached hydrogens (tertiary/aromatic N) is 1. The average Bonchev–Trinajstić information content (AvgIpc) is 2.75. The van der Waals surface area contributed by atoms with E-state index >= 15 is 0 Å². The van der Waals surface area contributed by atoms with E-state index in [2.05, 4.69) is 4.74 Å². The quantitative estimate of drug-likeness (QED) is 0.830. The molecule has 1 aliphatic heterocycles. The molecule has 1 fully saturated rings. The van der Waals surface area contributed by atoms with Crippen LogP contribution in [0.1, 0.15) is 37.7 Å². The van der Waals surface area contributed by atoms with E-state index in [-0.39, 0.29) is 11.7 Å². The fourth-order valence-corrected chi connectivity index (χ4v) is 2.57. The molecule has 0 aromatic heterocycles. The van der Waals surface area contributed by atoms with Crippen molar-refractivity contribution in [1.29, 1.82) is 0 Å². The number of ether oxygens (including phenoxy) is 1. The molecule has 1 aliphatic rings. The van der Waals surface area contributed by atoms with Gasteiger partial charge in [-0.05, 0) is 37.0 Å². The highest BCUT2D eigenvalue weighted by atomic mass is 19.3. The highest BCUT2D eigenvalue weighted by molar-refractivity contribution is 5.76. The van der Waals surface area contributed by atoms with Crippen molar-refractivity contribution in [2.24, 2.45) is 0 Å². The smallest absolute Gasteiger partial charge is 0.387 e. The molecule has 0 aliphatic carbocycles. The van der Waals surface area contributed by atoms with Crippen molar-refractivity contribution in [3.05, 3.63) is 29.8 Å². The Hall–Kier alpha value is -1.65. The highest BCUT2D eigenvalue weighted by Crippen LogP contribution is 2.17. The predicted molar refractivity (Wildman–Crippen MR) is 76.4 cm³/mol. The van der Waals surface area contributed by atoms with E-state index in [1.54, 1.807) is 12.1 Å². The third-order valence-electron chi connectivity index (χ3n) is 3.73. The molecule has 0 bridgehead atoms. The highest BCUT2D eigenvalue weighted by Gasteiger charge is 2.15. The largest absolute Gasteiger partial charge is 0.435 e. The lowest BCUT2D eigenvalue weighted by Gasteiger charge is -2.20. The summed E-state index contributed by atoms with van der Waals surface area (Å²) in [6.45, 7) is -1.08. The number of aryl methyl sites for hydroxylation is 1. The predicted octanol–water partition coefficient (Wildman–Crippen LogP) is 3.62. The second kappa shape index (κ2) is 7.96. The van der Waals surface area contributed by atoms with Crippen molar-refractivity contribution in [2.75, 3.05) is 13.1 Å². The van der Waals surface area contributed by atoms with Gasteiger partial charge in [-0.1, -0.05) is 25.0 Å². The lowest BCUT2D eigenvalue weighted by Crippen LogP contribution is -2.31. The van der Waals surface area contributed by atoms with Gasteiger partial charge in [-0.25, -0.2) is 0 Å². The Morgan fingerprint density at radius 2 is 1.71 bits per heavy atom. The Kier molecular flexibility index (Phi) is 5.96. The normalized spacial score (nSPS) is 15.9. The summed E-state index contributed by atoms with van der Waals surface area (Å²) in [6.07, 6.45) is 5.68. The molecule has 0 N–H and O–H groups in total. The molecule has 0 spiro atoms. The summed E-state index contributed by atoms with van der Waals surface area (Å²) >= 11 is 0. The zero-order chi connectivity index (χ0) is 15.1. The van der Waals surface area contributed by atoms with E-state index < -0.39 is 6.61 Å². The van der Waals surface area contributed by atoms with E-state index in [1.807, 2.05) is 4.90 Å². The molecule has 3 nitrogen and oxygen atoms in total. The van der Waals surface area contributed by atoms with Crippen molar-refractivity contribution >= 4 is 5.91 Å². The standard InChI is InChI=1S/C16H21F2NO2/c17-16(18)21-14-8-5-13(6-9-14)7-10-15(20)19-11-3-1-2-4-12-19/h5-6,8-9,16H,1-4,7,10-12H2. The van der Waals surface area contributed by atoms with Crippen molar-refractivity contribution in [3.8, 4) is 5.75 Å². The number of alkyl halides is 2. The summed E-state index contributed by atoms with van der Waals surface area (Å²) in [5.41, 5.74) is 0.958. The van der Waals surface area contributed by atoms with Crippen LogP contribution in [0.2, 0.25) is 0 Å². The molecule has 116 valence electrons. The fourth-order valence-electron chi connectivity index (χ4n) is 2.57. The summed E-state index contributed by atoms with van der Waals surface area (Å²) in [5.74, 6) is 0.331. The second-order valence-corrected chi connectivity index (χ2v) is 5.32. The van der Waals surface area contributed by atoms with Gasteiger partial charge < -0.3 is 9.64 Å². The molecule has 1 amide bonds. The summed E-state index contributed by atoms with van der Waals surface area (Å²) in [4.78, 5) is 14.1. The summed E-state index contributed by atoms with van der Waals surface area (Å²) in [6, 6.07) is 6.48. The Morgan fingerprint density at radius 3 is 2.29 bits per heavy atom.